The second-order valence-corrected chi connectivity index (χ2v) is 7.29. The first-order valence-corrected chi connectivity index (χ1v) is 8.33. The van der Waals surface area contributed by atoms with Gasteiger partial charge in [-0.25, -0.2) is 0 Å². The summed E-state index contributed by atoms with van der Waals surface area (Å²) in [6, 6.07) is 7.29. The van der Waals surface area contributed by atoms with Gasteiger partial charge >= 0.3 is 0 Å². The molecule has 5 nitrogen and oxygen atoms in total. The molecule has 128 valence electrons. The molecule has 0 aliphatic heterocycles. The Morgan fingerprint density at radius 3 is 2.58 bits per heavy atom. The maximum atomic E-state index is 10.4. The summed E-state index contributed by atoms with van der Waals surface area (Å²) in [7, 11) is 0. The van der Waals surface area contributed by atoms with E-state index in [1.54, 1.807) is 6.07 Å². The first kappa shape index (κ1) is 18.4. The van der Waals surface area contributed by atoms with Crippen molar-refractivity contribution in [2.75, 3.05) is 0 Å². The molecular weight excluding hydrogens is 372 g/mol. The lowest BCUT2D eigenvalue weighted by Gasteiger charge is -2.18. The lowest BCUT2D eigenvalue weighted by molar-refractivity contribution is 0.00111. The van der Waals surface area contributed by atoms with Crippen molar-refractivity contribution in [2.45, 2.75) is 39.9 Å². The van der Waals surface area contributed by atoms with Crippen molar-refractivity contribution in [3.05, 3.63) is 57.3 Å². The van der Waals surface area contributed by atoms with Crippen molar-refractivity contribution in [2.24, 2.45) is 5.16 Å². The van der Waals surface area contributed by atoms with Gasteiger partial charge in [-0.15, -0.1) is 0 Å². The zero-order valence-electron chi connectivity index (χ0n) is 14.2. The van der Waals surface area contributed by atoms with Gasteiger partial charge in [0, 0.05) is 21.8 Å². The number of aromatic nitrogens is 1. The molecule has 1 aromatic carbocycles. The summed E-state index contributed by atoms with van der Waals surface area (Å²) in [5.74, 6) is -0.104. The van der Waals surface area contributed by atoms with Crippen LogP contribution in [0.25, 0.3) is 0 Å². The molecule has 0 saturated heterocycles. The maximum absolute atomic E-state index is 10.4. The Morgan fingerprint density at radius 1 is 1.29 bits per heavy atom. The van der Waals surface area contributed by atoms with E-state index in [0.717, 1.165) is 15.6 Å². The molecule has 0 amide bonds. The van der Waals surface area contributed by atoms with Crippen LogP contribution in [-0.4, -0.2) is 26.5 Å². The first-order valence-electron chi connectivity index (χ1n) is 7.53. The minimum Gasteiger partial charge on any atom is -0.505 e. The number of halogens is 1. The molecule has 0 spiro atoms. The number of oxime groups is 1. The molecule has 0 radical (unpaired) electrons. The number of aliphatic hydroxyl groups excluding tert-OH is 1. The van der Waals surface area contributed by atoms with E-state index in [1.807, 2.05) is 45.9 Å². The molecule has 1 aromatic heterocycles. The molecule has 2 aromatic rings. The van der Waals surface area contributed by atoms with E-state index in [9.17, 15) is 10.2 Å². The molecule has 0 atom stereocenters. The van der Waals surface area contributed by atoms with Gasteiger partial charge in [0.15, 0.2) is 0 Å². The maximum Gasteiger partial charge on any atom is 0.149 e. The van der Waals surface area contributed by atoms with Crippen molar-refractivity contribution < 1.29 is 15.1 Å². The normalized spacial score (nSPS) is 12.3. The standard InChI is InChI=1S/C18H21BrN2O3/c1-11-5-6-12(9-14(11)19)15(21-24-18(2,3)4)16-17(23)13(10-22)7-8-20-16/h5-9,22-23H,10H2,1-4H3/b21-15-. The van der Waals surface area contributed by atoms with E-state index in [-0.39, 0.29) is 18.1 Å². The van der Waals surface area contributed by atoms with Gasteiger partial charge in [-0.05, 0) is 45.4 Å². The minimum atomic E-state index is -0.489. The van der Waals surface area contributed by atoms with Crippen LogP contribution in [-0.2, 0) is 11.4 Å². The van der Waals surface area contributed by atoms with Gasteiger partial charge in [-0.3, -0.25) is 4.98 Å². The van der Waals surface area contributed by atoms with Gasteiger partial charge in [0.05, 0.1) is 6.61 Å². The van der Waals surface area contributed by atoms with E-state index in [2.05, 4.69) is 26.1 Å². The van der Waals surface area contributed by atoms with Gasteiger partial charge in [0.25, 0.3) is 0 Å². The van der Waals surface area contributed by atoms with Crippen LogP contribution >= 0.6 is 15.9 Å². The number of pyridine rings is 1. The highest BCUT2D eigenvalue weighted by Crippen LogP contribution is 2.26. The third kappa shape index (κ3) is 4.33. The van der Waals surface area contributed by atoms with Crippen LogP contribution in [0.5, 0.6) is 5.75 Å². The fourth-order valence-electron chi connectivity index (χ4n) is 1.95. The summed E-state index contributed by atoms with van der Waals surface area (Å²) in [4.78, 5) is 9.79. The van der Waals surface area contributed by atoms with Gasteiger partial charge in [-0.2, -0.15) is 0 Å². The Labute approximate surface area is 150 Å². The molecule has 24 heavy (non-hydrogen) atoms. The van der Waals surface area contributed by atoms with Crippen LogP contribution in [0.3, 0.4) is 0 Å². The highest BCUT2D eigenvalue weighted by atomic mass is 79.9. The minimum absolute atomic E-state index is 0.104. The summed E-state index contributed by atoms with van der Waals surface area (Å²) in [5, 5.41) is 24.0. The highest BCUT2D eigenvalue weighted by Gasteiger charge is 2.19. The second kappa shape index (κ2) is 7.32. The van der Waals surface area contributed by atoms with Crippen molar-refractivity contribution in [3.63, 3.8) is 0 Å². The third-order valence-corrected chi connectivity index (χ3v) is 4.11. The monoisotopic (exact) mass is 392 g/mol. The molecule has 0 fully saturated rings. The number of hydrogen-bond acceptors (Lipinski definition) is 5. The molecule has 6 heteroatoms. The summed E-state index contributed by atoms with van der Waals surface area (Å²) in [6.07, 6.45) is 1.52. The Bertz CT molecular complexity index is 767. The van der Waals surface area contributed by atoms with Crippen LogP contribution in [0.2, 0.25) is 0 Å². The number of aliphatic hydroxyl groups is 1. The molecule has 1 heterocycles. The highest BCUT2D eigenvalue weighted by molar-refractivity contribution is 9.10. The molecular formula is C18H21BrN2O3. The second-order valence-electron chi connectivity index (χ2n) is 6.43. The van der Waals surface area contributed by atoms with Crippen LogP contribution in [0, 0.1) is 6.92 Å². The van der Waals surface area contributed by atoms with Crippen molar-refractivity contribution in [1.82, 2.24) is 4.98 Å². The lowest BCUT2D eigenvalue weighted by atomic mass is 10.0. The Hall–Kier alpha value is -1.92. The zero-order chi connectivity index (χ0) is 17.9. The van der Waals surface area contributed by atoms with Gasteiger partial charge in [0.2, 0.25) is 0 Å². The van der Waals surface area contributed by atoms with Crippen molar-refractivity contribution in [3.8, 4) is 5.75 Å². The molecule has 2 rings (SSSR count). The van der Waals surface area contributed by atoms with Gasteiger partial charge < -0.3 is 15.1 Å². The molecule has 0 aliphatic rings. The number of rotatable bonds is 4. The fraction of sp³-hybridized carbons (Fsp3) is 0.333. The third-order valence-electron chi connectivity index (χ3n) is 3.26. The summed E-state index contributed by atoms with van der Waals surface area (Å²) in [6.45, 7) is 7.36. The summed E-state index contributed by atoms with van der Waals surface area (Å²) < 4.78 is 0.918. The smallest absolute Gasteiger partial charge is 0.149 e. The Morgan fingerprint density at radius 2 is 2.00 bits per heavy atom. The van der Waals surface area contributed by atoms with E-state index in [1.165, 1.54) is 6.20 Å². The Balaban J connectivity index is 2.61. The number of nitrogens with zero attached hydrogens (tertiary/aromatic N) is 2. The number of aryl methyl sites for hydroxylation is 1. The lowest BCUT2D eigenvalue weighted by Crippen LogP contribution is -2.18. The van der Waals surface area contributed by atoms with Gasteiger partial charge in [0.1, 0.15) is 22.8 Å². The molecule has 2 N–H and O–H groups in total. The largest absolute Gasteiger partial charge is 0.505 e. The summed E-state index contributed by atoms with van der Waals surface area (Å²) >= 11 is 3.51. The predicted octanol–water partition coefficient (Wildman–Crippen LogP) is 3.92. The van der Waals surface area contributed by atoms with E-state index in [0.29, 0.717) is 11.3 Å². The quantitative estimate of drug-likeness (QED) is 0.610. The predicted molar refractivity (Wildman–Crippen MR) is 97.2 cm³/mol. The fourth-order valence-corrected chi connectivity index (χ4v) is 2.33. The topological polar surface area (TPSA) is 74.9 Å². The van der Waals surface area contributed by atoms with Crippen LogP contribution in [0.4, 0.5) is 0 Å². The van der Waals surface area contributed by atoms with Crippen LogP contribution in [0.1, 0.15) is 43.2 Å². The van der Waals surface area contributed by atoms with Crippen molar-refractivity contribution in [1.29, 1.82) is 0 Å². The first-order chi connectivity index (χ1) is 11.2. The Kier molecular flexibility index (Phi) is 5.62. The molecule has 0 unspecified atom stereocenters. The zero-order valence-corrected chi connectivity index (χ0v) is 15.8. The van der Waals surface area contributed by atoms with Crippen LogP contribution < -0.4 is 0 Å². The molecule has 0 bridgehead atoms. The molecule has 0 aliphatic carbocycles. The van der Waals surface area contributed by atoms with E-state index >= 15 is 0 Å². The van der Waals surface area contributed by atoms with Gasteiger partial charge in [-0.1, -0.05) is 33.2 Å². The number of hydrogen-bond donors (Lipinski definition) is 2. The SMILES string of the molecule is Cc1ccc(/C(=N/OC(C)(C)C)c2nccc(CO)c2O)cc1Br. The summed E-state index contributed by atoms with van der Waals surface area (Å²) in [5.41, 5.74) is 2.39. The molecule has 0 saturated carbocycles. The number of aromatic hydroxyl groups is 1. The van der Waals surface area contributed by atoms with E-state index in [4.69, 9.17) is 4.84 Å². The average Bonchev–Trinajstić information content (AvgIpc) is 2.51. The number of benzene rings is 1. The average molecular weight is 393 g/mol. The van der Waals surface area contributed by atoms with E-state index < -0.39 is 5.60 Å². The van der Waals surface area contributed by atoms with Crippen molar-refractivity contribution >= 4 is 21.6 Å². The van der Waals surface area contributed by atoms with Crippen LogP contribution in [0.15, 0.2) is 40.1 Å².